The fraction of sp³-hybridized carbons (Fsp3) is 0.471. The first-order valence-corrected chi connectivity index (χ1v) is 7.90. The molecule has 23 heavy (non-hydrogen) atoms. The monoisotopic (exact) mass is 316 g/mol. The van der Waals surface area contributed by atoms with Crippen molar-refractivity contribution in [3.8, 4) is 0 Å². The highest BCUT2D eigenvalue weighted by Crippen LogP contribution is 2.32. The van der Waals surface area contributed by atoms with E-state index in [-0.39, 0.29) is 18.2 Å². The van der Waals surface area contributed by atoms with Crippen molar-refractivity contribution < 1.29 is 19.5 Å². The molecule has 6 nitrogen and oxygen atoms in total. The first kappa shape index (κ1) is 15.5. The Labute approximate surface area is 134 Å². The lowest BCUT2D eigenvalue weighted by Crippen LogP contribution is -2.38. The molecule has 2 fully saturated rings. The van der Waals surface area contributed by atoms with Crippen LogP contribution in [0, 0.1) is 11.8 Å². The van der Waals surface area contributed by atoms with E-state index in [1.54, 1.807) is 35.2 Å². The fourth-order valence-electron chi connectivity index (χ4n) is 2.93. The van der Waals surface area contributed by atoms with Gasteiger partial charge in [0, 0.05) is 19.5 Å². The highest BCUT2D eigenvalue weighted by atomic mass is 16.4. The van der Waals surface area contributed by atoms with Crippen molar-refractivity contribution in [2.24, 2.45) is 11.8 Å². The highest BCUT2D eigenvalue weighted by molar-refractivity contribution is 5.91. The van der Waals surface area contributed by atoms with Crippen LogP contribution in [0.2, 0.25) is 0 Å². The molecule has 6 heteroatoms. The van der Waals surface area contributed by atoms with Gasteiger partial charge in [-0.05, 0) is 24.3 Å². The average molecular weight is 316 g/mol. The zero-order valence-corrected chi connectivity index (χ0v) is 12.8. The van der Waals surface area contributed by atoms with Crippen molar-refractivity contribution in [1.29, 1.82) is 0 Å². The van der Waals surface area contributed by atoms with E-state index in [2.05, 4.69) is 5.32 Å². The second kappa shape index (κ2) is 6.40. The zero-order valence-electron chi connectivity index (χ0n) is 12.8. The summed E-state index contributed by atoms with van der Waals surface area (Å²) in [7, 11) is 0. The first-order chi connectivity index (χ1) is 11.0. The van der Waals surface area contributed by atoms with Crippen LogP contribution in [0.15, 0.2) is 30.3 Å². The Morgan fingerprint density at radius 2 is 1.96 bits per heavy atom. The number of likely N-dealkylation sites (tertiary alicyclic amines) is 1. The van der Waals surface area contributed by atoms with E-state index < -0.39 is 17.9 Å². The summed E-state index contributed by atoms with van der Waals surface area (Å²) < 4.78 is 0. The van der Waals surface area contributed by atoms with E-state index in [1.165, 1.54) is 0 Å². The summed E-state index contributed by atoms with van der Waals surface area (Å²) in [6, 6.07) is 7.49. The smallest absolute Gasteiger partial charge is 0.330 e. The van der Waals surface area contributed by atoms with Gasteiger partial charge in [-0.15, -0.1) is 0 Å². The first-order valence-electron chi connectivity index (χ1n) is 7.90. The number of hydrogen-bond acceptors (Lipinski definition) is 3. The van der Waals surface area contributed by atoms with Gasteiger partial charge in [-0.3, -0.25) is 9.59 Å². The van der Waals surface area contributed by atoms with Gasteiger partial charge in [0.1, 0.15) is 0 Å². The van der Waals surface area contributed by atoms with Gasteiger partial charge in [-0.1, -0.05) is 30.3 Å². The lowest BCUT2D eigenvalue weighted by molar-refractivity contribution is -0.142. The molecule has 2 amide bonds. The van der Waals surface area contributed by atoms with Crippen LogP contribution in [-0.2, 0) is 14.4 Å². The van der Waals surface area contributed by atoms with Crippen molar-refractivity contribution in [3.05, 3.63) is 35.9 Å². The molecule has 0 aromatic heterocycles. The summed E-state index contributed by atoms with van der Waals surface area (Å²) in [5, 5.41) is 11.9. The van der Waals surface area contributed by atoms with Gasteiger partial charge in [-0.25, -0.2) is 4.79 Å². The number of carbonyl (C=O) groups is 3. The third-order valence-corrected chi connectivity index (χ3v) is 4.43. The van der Waals surface area contributed by atoms with Crippen molar-refractivity contribution in [2.45, 2.75) is 25.3 Å². The van der Waals surface area contributed by atoms with Gasteiger partial charge >= 0.3 is 5.97 Å². The molecule has 2 atom stereocenters. The number of hydrogen-bond donors (Lipinski definition) is 2. The van der Waals surface area contributed by atoms with Crippen LogP contribution >= 0.6 is 0 Å². The molecule has 0 bridgehead atoms. The maximum atomic E-state index is 12.4. The molecule has 1 aromatic rings. The summed E-state index contributed by atoms with van der Waals surface area (Å²) in [6.07, 6.45) is 2.46. The van der Waals surface area contributed by atoms with Crippen LogP contribution in [0.25, 0.3) is 0 Å². The Hall–Kier alpha value is -2.37. The number of carboxylic acids is 1. The Balaban J connectivity index is 1.63. The SMILES string of the molecule is O=C(N[C@@H](C(=O)O)c1ccccc1)C1CC(=O)N(CC2CC2)C1. The Morgan fingerprint density at radius 1 is 1.26 bits per heavy atom. The van der Waals surface area contributed by atoms with Gasteiger partial charge in [0.05, 0.1) is 5.92 Å². The van der Waals surface area contributed by atoms with Crippen molar-refractivity contribution in [3.63, 3.8) is 0 Å². The Morgan fingerprint density at radius 3 is 2.57 bits per heavy atom. The topological polar surface area (TPSA) is 86.7 Å². The number of amides is 2. The third-order valence-electron chi connectivity index (χ3n) is 4.43. The molecule has 1 saturated heterocycles. The van der Waals surface area contributed by atoms with E-state index in [0.29, 0.717) is 18.0 Å². The largest absolute Gasteiger partial charge is 0.479 e. The average Bonchev–Trinajstić information content (AvgIpc) is 3.28. The molecule has 0 spiro atoms. The fourth-order valence-corrected chi connectivity index (χ4v) is 2.93. The lowest BCUT2D eigenvalue weighted by atomic mass is 10.0. The normalized spacial score (nSPS) is 22.0. The van der Waals surface area contributed by atoms with Crippen LogP contribution in [0.5, 0.6) is 0 Å². The summed E-state index contributed by atoms with van der Waals surface area (Å²) in [5.41, 5.74) is 0.521. The molecular weight excluding hydrogens is 296 g/mol. The number of rotatable bonds is 6. The molecular formula is C17H20N2O4. The van der Waals surface area contributed by atoms with Crippen LogP contribution in [0.3, 0.4) is 0 Å². The minimum absolute atomic E-state index is 0.0105. The second-order valence-electron chi connectivity index (χ2n) is 6.33. The molecule has 1 saturated carbocycles. The van der Waals surface area contributed by atoms with Gasteiger partial charge < -0.3 is 15.3 Å². The van der Waals surface area contributed by atoms with E-state index in [0.717, 1.165) is 19.4 Å². The number of carboxylic acid groups (broad SMARTS) is 1. The third kappa shape index (κ3) is 3.70. The van der Waals surface area contributed by atoms with Gasteiger partial charge in [-0.2, -0.15) is 0 Å². The summed E-state index contributed by atoms with van der Waals surface area (Å²) in [4.78, 5) is 37.5. The highest BCUT2D eigenvalue weighted by Gasteiger charge is 2.38. The quantitative estimate of drug-likeness (QED) is 0.825. The molecule has 3 rings (SSSR count). The molecule has 1 unspecified atom stereocenters. The second-order valence-corrected chi connectivity index (χ2v) is 6.33. The van der Waals surface area contributed by atoms with Gasteiger partial charge in [0.15, 0.2) is 6.04 Å². The molecule has 2 N–H and O–H groups in total. The van der Waals surface area contributed by atoms with Gasteiger partial charge in [0.2, 0.25) is 11.8 Å². The van der Waals surface area contributed by atoms with E-state index >= 15 is 0 Å². The number of aliphatic carboxylic acids is 1. The summed E-state index contributed by atoms with van der Waals surface area (Å²) >= 11 is 0. The molecule has 0 radical (unpaired) electrons. The molecule has 1 aliphatic heterocycles. The summed E-state index contributed by atoms with van der Waals surface area (Å²) in [5.74, 6) is -1.37. The Bertz CT molecular complexity index is 612. The number of carbonyl (C=O) groups excluding carboxylic acids is 2. The predicted octanol–water partition coefficient (Wildman–Crippen LogP) is 1.19. The summed E-state index contributed by atoms with van der Waals surface area (Å²) in [6.45, 7) is 1.12. The molecule has 2 aliphatic rings. The van der Waals surface area contributed by atoms with E-state index in [9.17, 15) is 19.5 Å². The van der Waals surface area contributed by atoms with Crippen LogP contribution < -0.4 is 5.32 Å². The van der Waals surface area contributed by atoms with Crippen molar-refractivity contribution in [1.82, 2.24) is 10.2 Å². The molecule has 1 heterocycles. The van der Waals surface area contributed by atoms with Crippen LogP contribution in [-0.4, -0.2) is 40.9 Å². The minimum atomic E-state index is -1.11. The van der Waals surface area contributed by atoms with E-state index in [4.69, 9.17) is 0 Å². The van der Waals surface area contributed by atoms with Crippen molar-refractivity contribution in [2.75, 3.05) is 13.1 Å². The van der Waals surface area contributed by atoms with Crippen molar-refractivity contribution >= 4 is 17.8 Å². The van der Waals surface area contributed by atoms with Gasteiger partial charge in [0.25, 0.3) is 0 Å². The lowest BCUT2D eigenvalue weighted by Gasteiger charge is -2.18. The standard InChI is InChI=1S/C17H20N2O4/c20-14-8-13(10-19(14)9-11-6-7-11)16(21)18-15(17(22)23)12-4-2-1-3-5-12/h1-5,11,13,15H,6-10H2,(H,18,21)(H,22,23)/t13?,15-/m1/s1. The number of nitrogens with zero attached hydrogens (tertiary/aromatic N) is 1. The van der Waals surface area contributed by atoms with Crippen LogP contribution in [0.1, 0.15) is 30.9 Å². The minimum Gasteiger partial charge on any atom is -0.479 e. The van der Waals surface area contributed by atoms with Crippen LogP contribution in [0.4, 0.5) is 0 Å². The molecule has 1 aliphatic carbocycles. The number of nitrogens with one attached hydrogen (secondary N) is 1. The molecule has 122 valence electrons. The maximum Gasteiger partial charge on any atom is 0.330 e. The predicted molar refractivity (Wildman–Crippen MR) is 82.4 cm³/mol. The molecule has 1 aromatic carbocycles. The Kier molecular flexibility index (Phi) is 4.32. The van der Waals surface area contributed by atoms with E-state index in [1.807, 2.05) is 0 Å². The number of benzene rings is 1. The maximum absolute atomic E-state index is 12.4. The zero-order chi connectivity index (χ0) is 16.4.